The zero-order valence-corrected chi connectivity index (χ0v) is 13.9. The molecule has 3 heterocycles. The van der Waals surface area contributed by atoms with E-state index in [1.807, 2.05) is 6.92 Å². The Balaban J connectivity index is 1.59. The van der Waals surface area contributed by atoms with Crippen LogP contribution >= 0.6 is 0 Å². The summed E-state index contributed by atoms with van der Waals surface area (Å²) in [5, 5.41) is 3.57. The predicted molar refractivity (Wildman–Crippen MR) is 84.3 cm³/mol. The van der Waals surface area contributed by atoms with Crippen LogP contribution in [0, 0.1) is 5.92 Å². The fraction of sp³-hybridized carbons (Fsp3) is 1.00. The molecule has 0 radical (unpaired) electrons. The molecule has 5 nitrogen and oxygen atoms in total. The highest BCUT2D eigenvalue weighted by atomic mass is 32.2. The van der Waals surface area contributed by atoms with Gasteiger partial charge in [-0.1, -0.05) is 6.42 Å². The molecule has 0 bridgehead atoms. The Morgan fingerprint density at radius 3 is 2.33 bits per heavy atom. The lowest BCUT2D eigenvalue weighted by Crippen LogP contribution is -2.52. The van der Waals surface area contributed by atoms with E-state index in [4.69, 9.17) is 0 Å². The molecule has 0 spiro atoms. The molecule has 1 N–H and O–H groups in total. The number of piperidine rings is 2. The molecule has 0 aliphatic carbocycles. The van der Waals surface area contributed by atoms with Crippen LogP contribution in [0.5, 0.6) is 0 Å². The molecule has 0 amide bonds. The Morgan fingerprint density at radius 1 is 0.952 bits per heavy atom. The van der Waals surface area contributed by atoms with E-state index in [1.54, 1.807) is 8.61 Å². The standard InChI is InChI=1S/C15H29N3O2S/c1-13-5-2-3-10-18(13)21(19,20)17-11-7-14(8-12-17)15-6-4-9-16-15/h13-16H,2-12H2,1H3. The molecule has 2 atom stereocenters. The normalized spacial score (nSPS) is 34.3. The summed E-state index contributed by atoms with van der Waals surface area (Å²) in [6.07, 6.45) is 7.73. The topological polar surface area (TPSA) is 52.7 Å². The van der Waals surface area contributed by atoms with Crippen molar-refractivity contribution in [1.29, 1.82) is 0 Å². The first-order valence-electron chi connectivity index (χ1n) is 8.59. The van der Waals surface area contributed by atoms with Gasteiger partial charge in [-0.2, -0.15) is 17.0 Å². The summed E-state index contributed by atoms with van der Waals surface area (Å²) in [6, 6.07) is 0.793. The first kappa shape index (κ1) is 15.7. The highest BCUT2D eigenvalue weighted by Crippen LogP contribution is 2.29. The quantitative estimate of drug-likeness (QED) is 0.860. The third-order valence-electron chi connectivity index (χ3n) is 5.53. The first-order chi connectivity index (χ1) is 10.1. The molecule has 2 unspecified atom stereocenters. The van der Waals surface area contributed by atoms with Gasteiger partial charge in [0.1, 0.15) is 0 Å². The van der Waals surface area contributed by atoms with Crippen molar-refractivity contribution in [3.63, 3.8) is 0 Å². The first-order valence-corrected chi connectivity index (χ1v) is 9.99. The Labute approximate surface area is 129 Å². The van der Waals surface area contributed by atoms with E-state index in [2.05, 4.69) is 5.32 Å². The van der Waals surface area contributed by atoms with Crippen LogP contribution in [-0.2, 0) is 10.2 Å². The SMILES string of the molecule is CC1CCCCN1S(=O)(=O)N1CCC(C2CCCN2)CC1. The molecule has 6 heteroatoms. The summed E-state index contributed by atoms with van der Waals surface area (Å²) in [5.74, 6) is 0.665. The van der Waals surface area contributed by atoms with E-state index in [-0.39, 0.29) is 6.04 Å². The molecule has 3 rings (SSSR count). The number of rotatable bonds is 3. The summed E-state index contributed by atoms with van der Waals surface area (Å²) in [7, 11) is -3.23. The van der Waals surface area contributed by atoms with Crippen LogP contribution in [0.15, 0.2) is 0 Å². The molecule has 0 aromatic rings. The molecule has 0 saturated carbocycles. The van der Waals surface area contributed by atoms with E-state index in [1.165, 1.54) is 12.8 Å². The van der Waals surface area contributed by atoms with Gasteiger partial charge in [0.05, 0.1) is 0 Å². The minimum absolute atomic E-state index is 0.165. The maximum atomic E-state index is 12.8. The van der Waals surface area contributed by atoms with Gasteiger partial charge < -0.3 is 5.32 Å². The maximum absolute atomic E-state index is 12.8. The average molecular weight is 315 g/mol. The molecule has 21 heavy (non-hydrogen) atoms. The second-order valence-corrected chi connectivity index (χ2v) is 8.78. The summed E-state index contributed by atoms with van der Waals surface area (Å²) >= 11 is 0. The summed E-state index contributed by atoms with van der Waals surface area (Å²) in [6.45, 7) is 5.29. The van der Waals surface area contributed by atoms with Gasteiger partial charge in [0.25, 0.3) is 10.2 Å². The van der Waals surface area contributed by atoms with Gasteiger partial charge >= 0.3 is 0 Å². The molecule has 0 aromatic carbocycles. The van der Waals surface area contributed by atoms with Gasteiger partial charge in [-0.05, 0) is 57.9 Å². The lowest BCUT2D eigenvalue weighted by Gasteiger charge is -2.40. The highest BCUT2D eigenvalue weighted by molar-refractivity contribution is 7.86. The fourth-order valence-electron chi connectivity index (χ4n) is 4.19. The van der Waals surface area contributed by atoms with Crippen molar-refractivity contribution in [3.8, 4) is 0 Å². The van der Waals surface area contributed by atoms with Crippen molar-refractivity contribution >= 4 is 10.2 Å². The van der Waals surface area contributed by atoms with Crippen molar-refractivity contribution in [2.24, 2.45) is 5.92 Å². The average Bonchev–Trinajstić information content (AvgIpc) is 3.02. The number of nitrogens with zero attached hydrogens (tertiary/aromatic N) is 2. The van der Waals surface area contributed by atoms with E-state index in [9.17, 15) is 8.42 Å². The Morgan fingerprint density at radius 2 is 1.71 bits per heavy atom. The Hall–Kier alpha value is -0.170. The molecule has 3 fully saturated rings. The van der Waals surface area contributed by atoms with Gasteiger partial charge in [0.15, 0.2) is 0 Å². The second kappa shape index (κ2) is 6.52. The molecule has 122 valence electrons. The maximum Gasteiger partial charge on any atom is 0.282 e. The molecular formula is C15H29N3O2S. The van der Waals surface area contributed by atoms with Crippen molar-refractivity contribution in [3.05, 3.63) is 0 Å². The molecular weight excluding hydrogens is 286 g/mol. The van der Waals surface area contributed by atoms with E-state index in [0.29, 0.717) is 31.6 Å². The lowest BCUT2D eigenvalue weighted by molar-refractivity contribution is 0.202. The van der Waals surface area contributed by atoms with E-state index >= 15 is 0 Å². The molecule has 3 saturated heterocycles. The smallest absolute Gasteiger partial charge is 0.282 e. The van der Waals surface area contributed by atoms with Crippen molar-refractivity contribution < 1.29 is 8.42 Å². The minimum atomic E-state index is -3.23. The van der Waals surface area contributed by atoms with Crippen LogP contribution in [0.3, 0.4) is 0 Å². The van der Waals surface area contributed by atoms with Crippen LogP contribution in [0.4, 0.5) is 0 Å². The third-order valence-corrected chi connectivity index (χ3v) is 7.68. The highest BCUT2D eigenvalue weighted by Gasteiger charge is 2.38. The number of nitrogens with one attached hydrogen (secondary N) is 1. The Bertz CT molecular complexity index is 440. The van der Waals surface area contributed by atoms with Gasteiger partial charge in [-0.25, -0.2) is 0 Å². The zero-order chi connectivity index (χ0) is 14.9. The Kier molecular flexibility index (Phi) is 4.88. The van der Waals surface area contributed by atoms with E-state index < -0.39 is 10.2 Å². The monoisotopic (exact) mass is 315 g/mol. The van der Waals surface area contributed by atoms with Crippen molar-refractivity contribution in [2.75, 3.05) is 26.2 Å². The van der Waals surface area contributed by atoms with Crippen LogP contribution in [0.1, 0.15) is 51.9 Å². The van der Waals surface area contributed by atoms with Crippen LogP contribution in [0.2, 0.25) is 0 Å². The zero-order valence-electron chi connectivity index (χ0n) is 13.1. The van der Waals surface area contributed by atoms with Crippen LogP contribution < -0.4 is 5.32 Å². The van der Waals surface area contributed by atoms with Crippen LogP contribution in [-0.4, -0.2) is 55.3 Å². The van der Waals surface area contributed by atoms with Crippen molar-refractivity contribution in [2.45, 2.75) is 64.0 Å². The van der Waals surface area contributed by atoms with Gasteiger partial charge in [-0.3, -0.25) is 0 Å². The molecule has 3 aliphatic rings. The largest absolute Gasteiger partial charge is 0.314 e. The van der Waals surface area contributed by atoms with Gasteiger partial charge in [-0.15, -0.1) is 0 Å². The lowest BCUT2D eigenvalue weighted by atomic mass is 9.89. The predicted octanol–water partition coefficient (Wildman–Crippen LogP) is 1.57. The summed E-state index contributed by atoms with van der Waals surface area (Å²) < 4.78 is 29.1. The summed E-state index contributed by atoms with van der Waals surface area (Å²) in [4.78, 5) is 0. The molecule has 3 aliphatic heterocycles. The van der Waals surface area contributed by atoms with Gasteiger partial charge in [0, 0.05) is 31.7 Å². The van der Waals surface area contributed by atoms with Crippen molar-refractivity contribution in [1.82, 2.24) is 13.9 Å². The molecule has 0 aromatic heterocycles. The number of hydrogen-bond acceptors (Lipinski definition) is 3. The number of hydrogen-bond donors (Lipinski definition) is 1. The fourth-order valence-corrected chi connectivity index (χ4v) is 6.07. The van der Waals surface area contributed by atoms with Gasteiger partial charge in [0.2, 0.25) is 0 Å². The summed E-state index contributed by atoms with van der Waals surface area (Å²) in [5.41, 5.74) is 0. The second-order valence-electron chi connectivity index (χ2n) is 6.90. The van der Waals surface area contributed by atoms with Crippen LogP contribution in [0.25, 0.3) is 0 Å². The third kappa shape index (κ3) is 3.28. The van der Waals surface area contributed by atoms with E-state index in [0.717, 1.165) is 38.6 Å². The minimum Gasteiger partial charge on any atom is -0.314 e.